The number of nitrogens with zero attached hydrogens (tertiary/aromatic N) is 6. The number of fused-ring (bicyclic) bond motifs is 16. The average Bonchev–Trinajstić information content (AvgIpc) is 4.21. The number of rotatable bonds is 4. The van der Waals surface area contributed by atoms with Gasteiger partial charge in [0, 0.05) is 53.9 Å². The summed E-state index contributed by atoms with van der Waals surface area (Å²) >= 11 is 0. The monoisotopic (exact) mass is 920 g/mol. The third-order valence-corrected chi connectivity index (χ3v) is 15.2. The zero-order valence-corrected chi connectivity index (χ0v) is 39.5. The van der Waals surface area contributed by atoms with Crippen LogP contribution in [0.5, 0.6) is 0 Å². The molecule has 7 heteroatoms. The molecule has 7 nitrogen and oxygen atoms in total. The van der Waals surface area contributed by atoms with Crippen LogP contribution in [0.2, 0.25) is 0 Å². The number of aromatic nitrogens is 4. The van der Waals surface area contributed by atoms with E-state index in [1.165, 1.54) is 0 Å². The molecule has 0 fully saturated rings. The van der Waals surface area contributed by atoms with Gasteiger partial charge in [-0.3, -0.25) is 0 Å². The van der Waals surface area contributed by atoms with E-state index in [1.54, 1.807) is 0 Å². The van der Waals surface area contributed by atoms with Crippen LogP contribution < -0.4 is 0 Å². The smallest absolute Gasteiger partial charge is 0.160 e. The number of para-hydroxylation sites is 5. The SMILES string of the molecule is Cc1ccc2c(c1)c1ccccc1n2-c1c(C#N)c(-n2c3ccccc3c3cc(C)ccc32)c(-n2c3ccccc3c3ccc4c5ccccc5oc4c32)c(C#N)c1-n1c2ccccc2c2cc(C)ccc21. The van der Waals surface area contributed by atoms with Gasteiger partial charge in [0.1, 0.15) is 28.8 Å². The van der Waals surface area contributed by atoms with E-state index >= 15 is 0 Å². The molecule has 0 amide bonds. The highest BCUT2D eigenvalue weighted by atomic mass is 16.3. The Kier molecular flexibility index (Phi) is 8.13. The molecule has 0 atom stereocenters. The lowest BCUT2D eigenvalue weighted by Gasteiger charge is -2.27. The third-order valence-electron chi connectivity index (χ3n) is 15.2. The van der Waals surface area contributed by atoms with Crippen LogP contribution in [-0.2, 0) is 0 Å². The Morgan fingerprint density at radius 3 is 1.08 bits per heavy atom. The van der Waals surface area contributed by atoms with Gasteiger partial charge in [-0.05, 0) is 93.6 Å². The fourth-order valence-corrected chi connectivity index (χ4v) is 12.2. The summed E-state index contributed by atoms with van der Waals surface area (Å²) < 4.78 is 16.0. The topological polar surface area (TPSA) is 80.4 Å². The maximum atomic E-state index is 12.7. The highest BCUT2D eigenvalue weighted by Gasteiger charge is 2.35. The van der Waals surface area contributed by atoms with E-state index in [0.717, 1.165) is 120 Å². The zero-order valence-electron chi connectivity index (χ0n) is 39.5. The Morgan fingerprint density at radius 2 is 0.653 bits per heavy atom. The predicted octanol–water partition coefficient (Wildman–Crippen LogP) is 16.6. The van der Waals surface area contributed by atoms with E-state index in [4.69, 9.17) is 4.42 Å². The van der Waals surface area contributed by atoms with Crippen molar-refractivity contribution in [1.29, 1.82) is 10.5 Å². The number of furan rings is 1. The Hall–Kier alpha value is -9.82. The Labute approximate surface area is 412 Å². The molecule has 0 unspecified atom stereocenters. The molecule has 5 aromatic heterocycles. The molecule has 0 radical (unpaired) electrons. The van der Waals surface area contributed by atoms with Crippen molar-refractivity contribution in [3.8, 4) is 34.9 Å². The van der Waals surface area contributed by atoms with Gasteiger partial charge in [0.2, 0.25) is 0 Å². The van der Waals surface area contributed by atoms with E-state index in [1.807, 2.05) is 18.2 Å². The van der Waals surface area contributed by atoms with Crippen molar-refractivity contribution in [2.75, 3.05) is 0 Å². The summed E-state index contributed by atoms with van der Waals surface area (Å²) in [6.45, 7) is 6.35. The van der Waals surface area contributed by atoms with Gasteiger partial charge in [0.05, 0.1) is 66.9 Å². The van der Waals surface area contributed by atoms with E-state index in [2.05, 4.69) is 221 Å². The average molecular weight is 921 g/mol. The molecule has 0 saturated heterocycles. The van der Waals surface area contributed by atoms with Gasteiger partial charge < -0.3 is 22.7 Å². The van der Waals surface area contributed by atoms with Crippen molar-refractivity contribution in [2.24, 2.45) is 0 Å². The molecule has 0 aliphatic rings. The van der Waals surface area contributed by atoms with Crippen LogP contribution >= 0.6 is 0 Å². The lowest BCUT2D eigenvalue weighted by Crippen LogP contribution is -2.16. The molecule has 5 heterocycles. The van der Waals surface area contributed by atoms with Crippen LogP contribution in [0.1, 0.15) is 27.8 Å². The first-order valence-electron chi connectivity index (χ1n) is 24.3. The molecule has 336 valence electrons. The van der Waals surface area contributed by atoms with Gasteiger partial charge in [-0.25, -0.2) is 0 Å². The minimum Gasteiger partial charge on any atom is -0.454 e. The van der Waals surface area contributed by atoms with Gasteiger partial charge in [-0.15, -0.1) is 0 Å². The van der Waals surface area contributed by atoms with Crippen molar-refractivity contribution in [3.05, 3.63) is 216 Å². The molecule has 15 aromatic rings. The second kappa shape index (κ2) is 14.6. The molecule has 15 rings (SSSR count). The third kappa shape index (κ3) is 5.21. The first kappa shape index (κ1) is 40.1. The number of benzene rings is 10. The molecule has 10 aromatic carbocycles. The molecule has 0 aliphatic heterocycles. The molecular weight excluding hydrogens is 881 g/mol. The molecule has 0 aliphatic carbocycles. The standard InChI is InChI=1S/C65H40N6O/c1-37-24-29-56-47(32-37)41-15-5-9-19-52(41)68(56)60-50(35-66)62(70-54-21-11-7-17-43(54)49-34-39(3)26-31-58(49)70)63(51(36-67)61(60)69-53-20-10-6-16-42(53)48-33-38(2)25-30-57(48)69)71-55-22-12-4-14-40(55)45-27-28-46-44-18-8-13-23-59(44)72-65(46)64(45)71/h4-34H,1-3H3. The summed E-state index contributed by atoms with van der Waals surface area (Å²) in [6.07, 6.45) is 0. The Morgan fingerprint density at radius 1 is 0.319 bits per heavy atom. The van der Waals surface area contributed by atoms with E-state index in [9.17, 15) is 10.5 Å². The molecule has 72 heavy (non-hydrogen) atoms. The first-order chi connectivity index (χ1) is 35.4. The highest BCUT2D eigenvalue weighted by Crippen LogP contribution is 2.50. The molecule has 0 bridgehead atoms. The van der Waals surface area contributed by atoms with Crippen LogP contribution in [0.3, 0.4) is 0 Å². The van der Waals surface area contributed by atoms with Gasteiger partial charge in [0.25, 0.3) is 0 Å². The van der Waals surface area contributed by atoms with Gasteiger partial charge in [-0.2, -0.15) is 10.5 Å². The van der Waals surface area contributed by atoms with Crippen LogP contribution in [-0.4, -0.2) is 18.3 Å². The highest BCUT2D eigenvalue weighted by molar-refractivity contribution is 6.22. The number of hydrogen-bond donors (Lipinski definition) is 0. The second-order valence-corrected chi connectivity index (χ2v) is 19.3. The van der Waals surface area contributed by atoms with Gasteiger partial charge in [-0.1, -0.05) is 132 Å². The van der Waals surface area contributed by atoms with Crippen LogP contribution in [0.4, 0.5) is 0 Å². The lowest BCUT2D eigenvalue weighted by molar-refractivity contribution is 0.671. The van der Waals surface area contributed by atoms with Crippen molar-refractivity contribution in [3.63, 3.8) is 0 Å². The largest absolute Gasteiger partial charge is 0.454 e. The predicted molar refractivity (Wildman–Crippen MR) is 295 cm³/mol. The maximum Gasteiger partial charge on any atom is 0.160 e. The Bertz CT molecular complexity index is 4990. The van der Waals surface area contributed by atoms with Gasteiger partial charge in [0.15, 0.2) is 5.58 Å². The lowest BCUT2D eigenvalue weighted by atomic mass is 9.98. The molecule has 0 spiro atoms. The van der Waals surface area contributed by atoms with Crippen LogP contribution in [0.15, 0.2) is 192 Å². The summed E-state index contributed by atoms with van der Waals surface area (Å²) in [4.78, 5) is 0. The summed E-state index contributed by atoms with van der Waals surface area (Å²) in [5.41, 5.74) is 15.2. The maximum absolute atomic E-state index is 12.7. The van der Waals surface area contributed by atoms with Crippen LogP contribution in [0, 0.1) is 43.4 Å². The van der Waals surface area contributed by atoms with E-state index in [0.29, 0.717) is 39.5 Å². The molecular formula is C65H40N6O. The summed E-state index contributed by atoms with van der Waals surface area (Å²) in [7, 11) is 0. The van der Waals surface area contributed by atoms with Crippen molar-refractivity contribution in [1.82, 2.24) is 18.3 Å². The van der Waals surface area contributed by atoms with Crippen molar-refractivity contribution >= 4 is 109 Å². The summed E-state index contributed by atoms with van der Waals surface area (Å²) in [5, 5.41) is 35.6. The number of aryl methyl sites for hydroxylation is 3. The fraction of sp³-hybridized carbons (Fsp3) is 0.0462. The summed E-state index contributed by atoms with van der Waals surface area (Å²) in [5.74, 6) is 0. The van der Waals surface area contributed by atoms with E-state index in [-0.39, 0.29) is 0 Å². The van der Waals surface area contributed by atoms with E-state index < -0.39 is 0 Å². The second-order valence-electron chi connectivity index (χ2n) is 19.3. The summed E-state index contributed by atoms with van der Waals surface area (Å²) in [6, 6.07) is 71.7. The molecule has 0 saturated carbocycles. The number of hydrogen-bond acceptors (Lipinski definition) is 3. The van der Waals surface area contributed by atoms with Gasteiger partial charge >= 0.3 is 0 Å². The normalized spacial score (nSPS) is 12.1. The number of nitriles is 2. The Balaban J connectivity index is 1.29. The minimum absolute atomic E-state index is 0.397. The van der Waals surface area contributed by atoms with Crippen molar-refractivity contribution < 1.29 is 4.42 Å². The van der Waals surface area contributed by atoms with Crippen molar-refractivity contribution in [2.45, 2.75) is 20.8 Å². The first-order valence-corrected chi connectivity index (χ1v) is 24.3. The van der Waals surface area contributed by atoms with Crippen LogP contribution in [0.25, 0.3) is 132 Å². The minimum atomic E-state index is 0.397. The zero-order chi connectivity index (χ0) is 48.1. The fourth-order valence-electron chi connectivity index (χ4n) is 12.2. The molecule has 0 N–H and O–H groups in total. The quantitative estimate of drug-likeness (QED) is 0.176.